The van der Waals surface area contributed by atoms with Crippen LogP contribution in [-0.4, -0.2) is 29.6 Å². The van der Waals surface area contributed by atoms with Crippen LogP contribution in [0.1, 0.15) is 129 Å². The average molecular weight is 408 g/mol. The number of hydrogen-bond acceptors (Lipinski definition) is 3. The number of rotatable bonds is 22. The van der Waals surface area contributed by atoms with Gasteiger partial charge in [-0.1, -0.05) is 122 Å². The lowest BCUT2D eigenvalue weighted by molar-refractivity contribution is -0.0370. The fourth-order valence-corrected chi connectivity index (χ4v) is 3.56. The SMILES string of the molecule is CCCCCCCCCCCCCCCCCCCCCNCC(O)O.Cl. The molecule has 166 valence electrons. The normalized spacial score (nSPS) is 11.1. The van der Waals surface area contributed by atoms with Gasteiger partial charge in [-0.2, -0.15) is 0 Å². The van der Waals surface area contributed by atoms with Crippen LogP contribution in [0.4, 0.5) is 0 Å². The molecule has 0 saturated heterocycles. The standard InChI is InChI=1S/C23H49NO2.ClH/c1-2-3-4-5-6-7-8-9-10-11-12-13-14-15-16-17-18-19-20-21-24-22-23(25)26;/h23-26H,2-22H2,1H3;1H. The lowest BCUT2D eigenvalue weighted by Gasteiger charge is -2.06. The van der Waals surface area contributed by atoms with E-state index in [0.29, 0.717) is 6.54 Å². The van der Waals surface area contributed by atoms with Crippen molar-refractivity contribution in [2.24, 2.45) is 0 Å². The van der Waals surface area contributed by atoms with Gasteiger partial charge in [-0.05, 0) is 13.0 Å². The molecule has 4 heteroatoms. The van der Waals surface area contributed by atoms with Crippen LogP contribution in [0.5, 0.6) is 0 Å². The smallest absolute Gasteiger partial charge is 0.164 e. The molecule has 0 saturated carbocycles. The molecule has 0 unspecified atom stereocenters. The van der Waals surface area contributed by atoms with Gasteiger partial charge in [-0.3, -0.25) is 0 Å². The fourth-order valence-electron chi connectivity index (χ4n) is 3.56. The second-order valence-electron chi connectivity index (χ2n) is 8.05. The van der Waals surface area contributed by atoms with Crippen molar-refractivity contribution in [2.75, 3.05) is 13.1 Å². The third-order valence-electron chi connectivity index (χ3n) is 5.28. The predicted molar refractivity (Wildman–Crippen MR) is 122 cm³/mol. The van der Waals surface area contributed by atoms with E-state index in [4.69, 9.17) is 10.2 Å². The Hall–Kier alpha value is 0.170. The zero-order valence-electron chi connectivity index (χ0n) is 18.2. The highest BCUT2D eigenvalue weighted by molar-refractivity contribution is 5.85. The first-order valence-electron chi connectivity index (χ1n) is 11.8. The highest BCUT2D eigenvalue weighted by Crippen LogP contribution is 2.14. The molecule has 0 aliphatic carbocycles. The Balaban J connectivity index is 0. The van der Waals surface area contributed by atoms with Gasteiger partial charge >= 0.3 is 0 Å². The summed E-state index contributed by atoms with van der Waals surface area (Å²) in [5, 5.41) is 20.4. The molecule has 0 radical (unpaired) electrons. The quantitative estimate of drug-likeness (QED) is 0.137. The minimum atomic E-state index is -1.21. The van der Waals surface area contributed by atoms with Crippen molar-refractivity contribution in [3.63, 3.8) is 0 Å². The minimum Gasteiger partial charge on any atom is -0.367 e. The molecule has 0 aromatic heterocycles. The van der Waals surface area contributed by atoms with Crippen LogP contribution in [0, 0.1) is 0 Å². The lowest BCUT2D eigenvalue weighted by Crippen LogP contribution is -2.26. The third-order valence-corrected chi connectivity index (χ3v) is 5.28. The molecule has 0 spiro atoms. The molecule has 0 amide bonds. The van der Waals surface area contributed by atoms with Crippen molar-refractivity contribution >= 4 is 12.4 Å². The van der Waals surface area contributed by atoms with Crippen molar-refractivity contribution < 1.29 is 10.2 Å². The van der Waals surface area contributed by atoms with Crippen LogP contribution in [-0.2, 0) is 0 Å². The summed E-state index contributed by atoms with van der Waals surface area (Å²) in [6.45, 7) is 3.48. The van der Waals surface area contributed by atoms with Gasteiger partial charge in [0.1, 0.15) is 0 Å². The van der Waals surface area contributed by atoms with Crippen molar-refractivity contribution in [3.8, 4) is 0 Å². The van der Waals surface area contributed by atoms with E-state index in [1.807, 2.05) is 0 Å². The molecule has 0 rings (SSSR count). The van der Waals surface area contributed by atoms with E-state index in [9.17, 15) is 0 Å². The van der Waals surface area contributed by atoms with Crippen molar-refractivity contribution in [1.29, 1.82) is 0 Å². The van der Waals surface area contributed by atoms with Gasteiger partial charge in [0.2, 0.25) is 0 Å². The number of hydrogen-bond donors (Lipinski definition) is 3. The minimum absolute atomic E-state index is 0. The highest BCUT2D eigenvalue weighted by atomic mass is 35.5. The van der Waals surface area contributed by atoms with Crippen LogP contribution < -0.4 is 5.32 Å². The Morgan fingerprint density at radius 1 is 0.519 bits per heavy atom. The van der Waals surface area contributed by atoms with E-state index in [1.54, 1.807) is 0 Å². The molecule has 0 heterocycles. The Morgan fingerprint density at radius 2 is 0.815 bits per heavy atom. The summed E-state index contributed by atoms with van der Waals surface area (Å²) in [5.74, 6) is 0. The number of aliphatic hydroxyl groups is 2. The molecule has 0 bridgehead atoms. The van der Waals surface area contributed by atoms with E-state index in [0.717, 1.165) is 13.0 Å². The molecule has 0 fully saturated rings. The first kappa shape index (κ1) is 29.4. The maximum atomic E-state index is 8.70. The van der Waals surface area contributed by atoms with Crippen molar-refractivity contribution in [3.05, 3.63) is 0 Å². The van der Waals surface area contributed by atoms with Crippen LogP contribution in [0.2, 0.25) is 0 Å². The second-order valence-corrected chi connectivity index (χ2v) is 8.05. The largest absolute Gasteiger partial charge is 0.367 e. The van der Waals surface area contributed by atoms with E-state index in [-0.39, 0.29) is 12.4 Å². The maximum absolute atomic E-state index is 8.70. The first-order valence-corrected chi connectivity index (χ1v) is 11.8. The van der Waals surface area contributed by atoms with E-state index >= 15 is 0 Å². The van der Waals surface area contributed by atoms with Crippen LogP contribution in [0.3, 0.4) is 0 Å². The predicted octanol–water partition coefficient (Wildman–Crippen LogP) is 6.74. The summed E-state index contributed by atoms with van der Waals surface area (Å²) in [7, 11) is 0. The molecule has 0 aromatic carbocycles. The molecule has 0 aliphatic rings. The fraction of sp³-hybridized carbons (Fsp3) is 1.00. The Morgan fingerprint density at radius 3 is 1.11 bits per heavy atom. The van der Waals surface area contributed by atoms with Gasteiger partial charge in [0.25, 0.3) is 0 Å². The van der Waals surface area contributed by atoms with Gasteiger partial charge in [0.05, 0.1) is 0 Å². The average Bonchev–Trinajstić information content (AvgIpc) is 2.62. The van der Waals surface area contributed by atoms with Crippen molar-refractivity contribution in [2.45, 2.75) is 135 Å². The molecular formula is C23H50ClNO2. The first-order chi connectivity index (χ1) is 12.8. The third kappa shape index (κ3) is 28.5. The monoisotopic (exact) mass is 407 g/mol. The Bertz CT molecular complexity index is 253. The zero-order valence-corrected chi connectivity index (χ0v) is 19.0. The van der Waals surface area contributed by atoms with Crippen molar-refractivity contribution in [1.82, 2.24) is 5.32 Å². The molecule has 0 aromatic rings. The van der Waals surface area contributed by atoms with Gasteiger partial charge < -0.3 is 15.5 Å². The van der Waals surface area contributed by atoms with Gasteiger partial charge in [-0.25, -0.2) is 0 Å². The summed E-state index contributed by atoms with van der Waals surface area (Å²) >= 11 is 0. The van der Waals surface area contributed by atoms with Gasteiger partial charge in [0, 0.05) is 6.54 Å². The molecular weight excluding hydrogens is 358 g/mol. The summed E-state index contributed by atoms with van der Waals surface area (Å²) in [6, 6.07) is 0. The van der Waals surface area contributed by atoms with E-state index in [2.05, 4.69) is 12.2 Å². The van der Waals surface area contributed by atoms with Crippen LogP contribution in [0.15, 0.2) is 0 Å². The van der Waals surface area contributed by atoms with E-state index in [1.165, 1.54) is 116 Å². The molecule has 3 N–H and O–H groups in total. The summed E-state index contributed by atoms with van der Waals surface area (Å²) in [6.07, 6.45) is 25.4. The Labute approximate surface area is 176 Å². The van der Waals surface area contributed by atoms with Gasteiger partial charge in [0.15, 0.2) is 6.29 Å². The number of aliphatic hydroxyl groups excluding tert-OH is 1. The lowest BCUT2D eigenvalue weighted by atomic mass is 10.0. The topological polar surface area (TPSA) is 52.5 Å². The summed E-state index contributed by atoms with van der Waals surface area (Å²) in [5.41, 5.74) is 0. The highest BCUT2D eigenvalue weighted by Gasteiger charge is 1.96. The van der Waals surface area contributed by atoms with Crippen LogP contribution >= 0.6 is 12.4 Å². The molecule has 0 atom stereocenters. The number of unbranched alkanes of at least 4 members (excludes halogenated alkanes) is 18. The van der Waals surface area contributed by atoms with Crippen LogP contribution in [0.25, 0.3) is 0 Å². The van der Waals surface area contributed by atoms with Gasteiger partial charge in [-0.15, -0.1) is 12.4 Å². The molecule has 3 nitrogen and oxygen atoms in total. The Kier molecular flexibility index (Phi) is 28.5. The number of halogens is 1. The van der Waals surface area contributed by atoms with E-state index < -0.39 is 6.29 Å². The zero-order chi connectivity index (χ0) is 19.1. The second kappa shape index (κ2) is 26.2. The molecule has 0 aliphatic heterocycles. The number of nitrogens with one attached hydrogen (secondary N) is 1. The maximum Gasteiger partial charge on any atom is 0.164 e. The summed E-state index contributed by atoms with van der Waals surface area (Å²) < 4.78 is 0. The molecule has 27 heavy (non-hydrogen) atoms. The summed E-state index contributed by atoms with van der Waals surface area (Å²) in [4.78, 5) is 0.